The Morgan fingerprint density at radius 2 is 1.66 bits per heavy atom. The summed E-state index contributed by atoms with van der Waals surface area (Å²) < 4.78 is 5.57. The van der Waals surface area contributed by atoms with Crippen molar-refractivity contribution in [2.24, 2.45) is 5.92 Å². The molecule has 10 nitrogen and oxygen atoms in total. The van der Waals surface area contributed by atoms with Crippen LogP contribution in [0.5, 0.6) is 5.75 Å². The van der Waals surface area contributed by atoms with Gasteiger partial charge in [-0.3, -0.25) is 24.1 Å². The van der Waals surface area contributed by atoms with Crippen LogP contribution < -0.4 is 16.0 Å². The van der Waals surface area contributed by atoms with Gasteiger partial charge in [0.1, 0.15) is 17.8 Å². The van der Waals surface area contributed by atoms with Crippen LogP contribution in [0.2, 0.25) is 0 Å². The van der Waals surface area contributed by atoms with Gasteiger partial charge in [-0.25, -0.2) is 0 Å². The number of fused-ring (bicyclic) bond motifs is 2. The Bertz CT molecular complexity index is 1040. The Morgan fingerprint density at radius 3 is 2.29 bits per heavy atom. The minimum atomic E-state index is -0.922. The van der Waals surface area contributed by atoms with Crippen LogP contribution in [0.1, 0.15) is 58.4 Å². The molecule has 3 fully saturated rings. The number of hydrogen-bond acceptors (Lipinski definition) is 7. The lowest BCUT2D eigenvalue weighted by Crippen LogP contribution is -2.66. The number of hydrogen-bond donors (Lipinski definition) is 4. The first-order valence-corrected chi connectivity index (χ1v) is 13.6. The summed E-state index contributed by atoms with van der Waals surface area (Å²) in [6.07, 6.45) is 2.88. The van der Waals surface area contributed by atoms with Crippen LogP contribution >= 0.6 is 0 Å². The zero-order valence-corrected chi connectivity index (χ0v) is 22.5. The van der Waals surface area contributed by atoms with E-state index in [1.165, 1.54) is 12.1 Å². The van der Waals surface area contributed by atoms with Gasteiger partial charge in [0.15, 0.2) is 5.78 Å². The van der Waals surface area contributed by atoms with Gasteiger partial charge in [0.25, 0.3) is 0 Å². The van der Waals surface area contributed by atoms with E-state index in [2.05, 4.69) is 20.9 Å². The maximum atomic E-state index is 13.6. The van der Waals surface area contributed by atoms with Crippen molar-refractivity contribution in [2.45, 2.75) is 89.0 Å². The van der Waals surface area contributed by atoms with Crippen LogP contribution in [0.3, 0.4) is 0 Å². The number of aromatic hydroxyl groups is 1. The Balaban J connectivity index is 1.66. The molecule has 10 heteroatoms. The summed E-state index contributed by atoms with van der Waals surface area (Å²) in [6.45, 7) is 7.18. The van der Waals surface area contributed by atoms with Crippen molar-refractivity contribution in [1.82, 2.24) is 20.9 Å². The first-order chi connectivity index (χ1) is 18.1. The van der Waals surface area contributed by atoms with Gasteiger partial charge in [0, 0.05) is 12.8 Å². The zero-order valence-electron chi connectivity index (χ0n) is 22.5. The van der Waals surface area contributed by atoms with Crippen molar-refractivity contribution in [1.29, 1.82) is 0 Å². The molecule has 0 aliphatic carbocycles. The lowest BCUT2D eigenvalue weighted by Gasteiger charge is -2.50. The number of nitrogens with zero attached hydrogens (tertiary/aromatic N) is 1. The molecule has 0 aromatic heterocycles. The van der Waals surface area contributed by atoms with Gasteiger partial charge < -0.3 is 25.8 Å². The normalized spacial score (nSPS) is 29.1. The Kier molecular flexibility index (Phi) is 8.72. The molecule has 208 valence electrons. The number of amides is 3. The molecule has 3 amide bonds. The van der Waals surface area contributed by atoms with Crippen LogP contribution in [-0.4, -0.2) is 83.0 Å². The molecule has 3 aliphatic rings. The SMILES string of the molecule is CC(C)C[C@@H]1NC(=O)[C@H](Cc2ccc(O)cc2)NC(=O)[C@@H]2CCCN2C2(CCC(=O)[C@H](C)NC1=O)COC2. The quantitative estimate of drug-likeness (QED) is 0.459. The zero-order chi connectivity index (χ0) is 27.4. The fraction of sp³-hybridized carbons (Fsp3) is 0.643. The number of ether oxygens (including phenoxy) is 1. The van der Waals surface area contributed by atoms with E-state index in [1.807, 2.05) is 13.8 Å². The molecule has 0 radical (unpaired) electrons. The van der Waals surface area contributed by atoms with Crippen molar-refractivity contribution in [3.05, 3.63) is 29.8 Å². The second-order valence-corrected chi connectivity index (χ2v) is 11.4. The van der Waals surface area contributed by atoms with E-state index in [1.54, 1.807) is 19.1 Å². The number of rotatable bonds is 4. The number of ketones is 1. The van der Waals surface area contributed by atoms with E-state index in [0.717, 1.165) is 12.0 Å². The van der Waals surface area contributed by atoms with Crippen LogP contribution in [-0.2, 0) is 30.3 Å². The molecule has 3 saturated heterocycles. The summed E-state index contributed by atoms with van der Waals surface area (Å²) in [4.78, 5) is 55.6. The number of carbonyl (C=O) groups is 4. The van der Waals surface area contributed by atoms with Crippen molar-refractivity contribution in [3.8, 4) is 5.75 Å². The van der Waals surface area contributed by atoms with Gasteiger partial charge in [-0.05, 0) is 62.8 Å². The third-order valence-corrected chi connectivity index (χ3v) is 7.93. The van der Waals surface area contributed by atoms with E-state index in [4.69, 9.17) is 4.74 Å². The summed E-state index contributed by atoms with van der Waals surface area (Å²) >= 11 is 0. The highest BCUT2D eigenvalue weighted by atomic mass is 16.5. The predicted molar refractivity (Wildman–Crippen MR) is 140 cm³/mol. The van der Waals surface area contributed by atoms with E-state index < -0.39 is 41.5 Å². The molecule has 3 aliphatic heterocycles. The van der Waals surface area contributed by atoms with Gasteiger partial charge in [-0.15, -0.1) is 0 Å². The summed E-state index contributed by atoms with van der Waals surface area (Å²) in [7, 11) is 0. The van der Waals surface area contributed by atoms with Crippen LogP contribution in [0.25, 0.3) is 0 Å². The van der Waals surface area contributed by atoms with E-state index in [9.17, 15) is 24.3 Å². The van der Waals surface area contributed by atoms with Gasteiger partial charge in [-0.2, -0.15) is 0 Å². The fourth-order valence-corrected chi connectivity index (χ4v) is 5.69. The summed E-state index contributed by atoms with van der Waals surface area (Å²) in [5.41, 5.74) is 0.352. The second-order valence-electron chi connectivity index (χ2n) is 11.4. The first kappa shape index (κ1) is 28.0. The Hall–Kier alpha value is -2.98. The molecule has 1 aromatic carbocycles. The Morgan fingerprint density at radius 1 is 1.00 bits per heavy atom. The van der Waals surface area contributed by atoms with Gasteiger partial charge in [-0.1, -0.05) is 26.0 Å². The summed E-state index contributed by atoms with van der Waals surface area (Å²) in [6, 6.07) is 3.59. The van der Waals surface area contributed by atoms with E-state index >= 15 is 0 Å². The molecule has 0 saturated carbocycles. The van der Waals surface area contributed by atoms with Crippen molar-refractivity contribution < 1.29 is 29.0 Å². The van der Waals surface area contributed by atoms with Crippen molar-refractivity contribution >= 4 is 23.5 Å². The van der Waals surface area contributed by atoms with Crippen LogP contribution in [0.4, 0.5) is 0 Å². The number of phenolic OH excluding ortho intramolecular Hbond substituents is 1. The molecule has 1 spiro atoms. The molecule has 4 rings (SSSR count). The molecule has 4 N–H and O–H groups in total. The highest BCUT2D eigenvalue weighted by molar-refractivity contribution is 5.95. The van der Waals surface area contributed by atoms with Crippen LogP contribution in [0.15, 0.2) is 24.3 Å². The number of phenols is 1. The second kappa shape index (κ2) is 11.8. The van der Waals surface area contributed by atoms with Gasteiger partial charge in [0.2, 0.25) is 17.7 Å². The van der Waals surface area contributed by atoms with E-state index in [0.29, 0.717) is 39.0 Å². The van der Waals surface area contributed by atoms with E-state index in [-0.39, 0.29) is 36.2 Å². The van der Waals surface area contributed by atoms with Gasteiger partial charge in [0.05, 0.1) is 30.8 Å². The molecule has 0 unspecified atom stereocenters. The Labute approximate surface area is 223 Å². The molecule has 4 atom stereocenters. The highest BCUT2D eigenvalue weighted by Crippen LogP contribution is 2.36. The molecular weight excluding hydrogens is 488 g/mol. The van der Waals surface area contributed by atoms with Crippen LogP contribution in [0, 0.1) is 5.92 Å². The smallest absolute Gasteiger partial charge is 0.243 e. The number of nitrogens with one attached hydrogen (secondary N) is 3. The molecule has 38 heavy (non-hydrogen) atoms. The summed E-state index contributed by atoms with van der Waals surface area (Å²) in [5.74, 6) is -0.996. The van der Waals surface area contributed by atoms with Crippen molar-refractivity contribution in [2.75, 3.05) is 19.8 Å². The third-order valence-electron chi connectivity index (χ3n) is 7.93. The molecule has 3 heterocycles. The predicted octanol–water partition coefficient (Wildman–Crippen LogP) is 1.05. The van der Waals surface area contributed by atoms with Gasteiger partial charge >= 0.3 is 0 Å². The average Bonchev–Trinajstić information content (AvgIpc) is 3.33. The molecule has 1 aromatic rings. The monoisotopic (exact) mass is 528 g/mol. The maximum absolute atomic E-state index is 13.6. The fourth-order valence-electron chi connectivity index (χ4n) is 5.69. The highest BCUT2D eigenvalue weighted by Gasteiger charge is 2.50. The standard InChI is InChI=1S/C28H40N4O6/c1-17(2)13-21-25(35)29-18(3)24(34)10-11-28(15-38-16-28)32-12-4-5-23(32)27(37)31-22(26(36)30-21)14-19-6-8-20(33)9-7-19/h6-9,17-18,21-23,33H,4-5,10-16H2,1-3H3,(H,29,35)(H,30,36)(H,31,37)/t18-,21-,22-,23-/m0/s1. The maximum Gasteiger partial charge on any atom is 0.243 e. The molecular formula is C28H40N4O6. The number of carbonyl (C=O) groups excluding carboxylic acids is 4. The largest absolute Gasteiger partial charge is 0.508 e. The van der Waals surface area contributed by atoms with Crippen molar-refractivity contribution in [3.63, 3.8) is 0 Å². The lowest BCUT2D eigenvalue weighted by atomic mass is 9.86. The number of Topliss-reactive ketones (excluding diaryl/α,β-unsaturated/α-hetero) is 1. The number of benzene rings is 1. The first-order valence-electron chi connectivity index (χ1n) is 13.6. The lowest BCUT2D eigenvalue weighted by molar-refractivity contribution is -0.160. The minimum Gasteiger partial charge on any atom is -0.508 e. The minimum absolute atomic E-state index is 0.0838. The topological polar surface area (TPSA) is 137 Å². The average molecular weight is 529 g/mol. The molecule has 0 bridgehead atoms. The summed E-state index contributed by atoms with van der Waals surface area (Å²) in [5, 5.41) is 18.3. The third kappa shape index (κ3) is 6.35.